The maximum atomic E-state index is 13.7. The van der Waals surface area contributed by atoms with Gasteiger partial charge in [0.15, 0.2) is 17.0 Å². The zero-order valence-electron chi connectivity index (χ0n) is 29.6. The molecule has 268 valence electrons. The Hall–Kier alpha value is -3.19. The van der Waals surface area contributed by atoms with E-state index in [0.29, 0.717) is 55.9 Å². The molecule has 0 spiro atoms. The minimum Gasteiger partial charge on any atom is -0.461 e. The van der Waals surface area contributed by atoms with Crippen molar-refractivity contribution in [2.45, 2.75) is 103 Å². The number of aliphatic hydroxyl groups is 1. The van der Waals surface area contributed by atoms with E-state index in [2.05, 4.69) is 47.6 Å². The average Bonchev–Trinajstić information content (AvgIpc) is 3.67. The third-order valence-electron chi connectivity index (χ3n) is 13.1. The smallest absolute Gasteiger partial charge is 0.316 e. The molecule has 3 heterocycles. The van der Waals surface area contributed by atoms with Gasteiger partial charge in [0.05, 0.1) is 18.2 Å². The van der Waals surface area contributed by atoms with Crippen molar-refractivity contribution in [1.29, 1.82) is 0 Å². The molecule has 2 aromatic rings. The monoisotopic (exact) mass is 695 g/mol. The number of nitrogen functional groups attached to an aromatic ring is 1. The first-order valence-electron chi connectivity index (χ1n) is 17.9. The average molecular weight is 696 g/mol. The van der Waals surface area contributed by atoms with Crippen molar-refractivity contribution in [2.75, 3.05) is 36.9 Å². The third kappa shape index (κ3) is 6.12. The topological polar surface area (TPSA) is 166 Å². The first kappa shape index (κ1) is 35.6. The van der Waals surface area contributed by atoms with E-state index in [9.17, 15) is 19.5 Å². The molecule has 4 fully saturated rings. The Morgan fingerprint density at radius 2 is 1.94 bits per heavy atom. The molecule has 12 nitrogen and oxygen atoms in total. The number of piperidine rings is 1. The molecule has 4 N–H and O–H groups in total. The molecule has 8 atom stereocenters. The van der Waals surface area contributed by atoms with Crippen LogP contribution in [0.5, 0.6) is 0 Å². The van der Waals surface area contributed by atoms with E-state index in [1.165, 1.54) is 0 Å². The van der Waals surface area contributed by atoms with Crippen molar-refractivity contribution in [2.24, 2.45) is 34.0 Å². The van der Waals surface area contributed by atoms with E-state index in [-0.39, 0.29) is 57.8 Å². The standard InChI is InChI=1S/C36H53N7O5S/c1-7-34(4)18-25(35(5)21(2)8-13-36(22(3)30(34)47)14-9-24(44)29(35)36)48-27(46)19-49-23-10-15-42(16-11-23)26(45)12-17-43-20-39-28-31(38-6)40-33(37)41-32(28)43/h7,20-23,25,29-30,47H,1,8-19H2,2-6H3,(H3,37,38,40,41)/t21-,22+,25-,29-,30+,34-,35+,36+/m1/s1. The van der Waals surface area contributed by atoms with E-state index in [0.717, 1.165) is 32.1 Å². The number of amides is 1. The molecule has 2 bridgehead atoms. The van der Waals surface area contributed by atoms with Gasteiger partial charge >= 0.3 is 5.97 Å². The van der Waals surface area contributed by atoms with Gasteiger partial charge in [0.1, 0.15) is 11.9 Å². The van der Waals surface area contributed by atoms with Crippen LogP contribution in [0.25, 0.3) is 11.2 Å². The molecule has 49 heavy (non-hydrogen) atoms. The lowest BCUT2D eigenvalue weighted by molar-refractivity contribution is -0.205. The predicted octanol–water partition coefficient (Wildman–Crippen LogP) is 4.47. The minimum atomic E-state index is -0.682. The first-order valence-corrected chi connectivity index (χ1v) is 18.9. The van der Waals surface area contributed by atoms with Gasteiger partial charge in [-0.15, -0.1) is 18.3 Å². The van der Waals surface area contributed by atoms with Crippen LogP contribution in [0.1, 0.15) is 79.1 Å². The van der Waals surface area contributed by atoms with Gasteiger partial charge in [-0.2, -0.15) is 9.97 Å². The summed E-state index contributed by atoms with van der Waals surface area (Å²) in [6.45, 7) is 14.3. The number of ketones is 1. The molecule has 1 aliphatic heterocycles. The lowest BCUT2D eigenvalue weighted by Gasteiger charge is -2.61. The molecular formula is C36H53N7O5S. The summed E-state index contributed by atoms with van der Waals surface area (Å²) < 4.78 is 8.25. The number of aromatic nitrogens is 4. The predicted molar refractivity (Wildman–Crippen MR) is 191 cm³/mol. The molecule has 3 saturated carbocycles. The highest BCUT2D eigenvalue weighted by Gasteiger charge is 2.68. The molecule has 4 aliphatic rings. The number of rotatable bonds is 9. The van der Waals surface area contributed by atoms with Crippen LogP contribution < -0.4 is 11.1 Å². The van der Waals surface area contributed by atoms with Crippen LogP contribution in [-0.2, 0) is 25.7 Å². The number of imidazole rings is 1. The number of fused-ring (bicyclic) bond motifs is 1. The van der Waals surface area contributed by atoms with Crippen LogP contribution in [0, 0.1) is 34.0 Å². The van der Waals surface area contributed by atoms with Crippen molar-refractivity contribution in [1.82, 2.24) is 24.4 Å². The van der Waals surface area contributed by atoms with Crippen molar-refractivity contribution in [3.63, 3.8) is 0 Å². The summed E-state index contributed by atoms with van der Waals surface area (Å²) in [6, 6.07) is 0. The number of nitrogens with two attached hydrogens (primary N) is 1. The molecule has 6 rings (SSSR count). The lowest BCUT2D eigenvalue weighted by atomic mass is 9.44. The molecule has 0 aromatic carbocycles. The van der Waals surface area contributed by atoms with E-state index >= 15 is 0 Å². The summed E-state index contributed by atoms with van der Waals surface area (Å²) in [7, 11) is 1.75. The maximum Gasteiger partial charge on any atom is 0.316 e. The zero-order chi connectivity index (χ0) is 35.3. The van der Waals surface area contributed by atoms with Gasteiger partial charge in [-0.25, -0.2) is 4.98 Å². The number of aryl methyl sites for hydroxylation is 1. The quantitative estimate of drug-likeness (QED) is 0.250. The number of carbonyl (C=O) groups excluding carboxylic acids is 3. The highest BCUT2D eigenvalue weighted by atomic mass is 32.2. The second-order valence-corrected chi connectivity index (χ2v) is 16.8. The number of nitrogens with zero attached hydrogens (tertiary/aromatic N) is 5. The molecular weight excluding hydrogens is 643 g/mol. The van der Waals surface area contributed by atoms with E-state index < -0.39 is 23.0 Å². The van der Waals surface area contributed by atoms with Crippen molar-refractivity contribution < 1.29 is 24.2 Å². The summed E-state index contributed by atoms with van der Waals surface area (Å²) >= 11 is 1.59. The number of carbonyl (C=O) groups is 3. The number of thioether (sulfide) groups is 1. The Labute approximate surface area is 293 Å². The van der Waals surface area contributed by atoms with Crippen LogP contribution in [0.2, 0.25) is 0 Å². The van der Waals surface area contributed by atoms with Gasteiger partial charge < -0.3 is 30.4 Å². The Morgan fingerprint density at radius 1 is 1.20 bits per heavy atom. The van der Waals surface area contributed by atoms with Crippen molar-refractivity contribution in [3.05, 3.63) is 19.0 Å². The number of likely N-dealkylation sites (tertiary alicyclic amines) is 1. The summed E-state index contributed by atoms with van der Waals surface area (Å²) in [4.78, 5) is 55.1. The van der Waals surface area contributed by atoms with Crippen LogP contribution in [0.15, 0.2) is 19.0 Å². The number of Topliss-reactive ketones (excluding diaryl/α,β-unsaturated/α-hetero) is 1. The number of nitrogens with one attached hydrogen (secondary N) is 1. The lowest BCUT2D eigenvalue weighted by Crippen LogP contribution is -2.63. The van der Waals surface area contributed by atoms with Gasteiger partial charge in [-0.1, -0.05) is 33.8 Å². The summed E-state index contributed by atoms with van der Waals surface area (Å²) in [5.74, 6) is 0.845. The second kappa shape index (κ2) is 13.5. The van der Waals surface area contributed by atoms with Gasteiger partial charge in [-0.3, -0.25) is 14.4 Å². The molecule has 0 unspecified atom stereocenters. The van der Waals surface area contributed by atoms with E-state index in [1.807, 2.05) is 22.5 Å². The number of hydrogen-bond acceptors (Lipinski definition) is 11. The fourth-order valence-electron chi connectivity index (χ4n) is 9.83. The van der Waals surface area contributed by atoms with Gasteiger partial charge in [0, 0.05) is 61.5 Å². The van der Waals surface area contributed by atoms with E-state index in [4.69, 9.17) is 10.5 Å². The second-order valence-electron chi connectivity index (χ2n) is 15.5. The van der Waals surface area contributed by atoms with Crippen molar-refractivity contribution >= 4 is 52.4 Å². The van der Waals surface area contributed by atoms with Crippen molar-refractivity contribution in [3.8, 4) is 0 Å². The molecule has 3 aliphatic carbocycles. The number of hydrogen-bond donors (Lipinski definition) is 3. The molecule has 1 amide bonds. The Kier molecular flexibility index (Phi) is 9.82. The SMILES string of the molecule is C=C[C@]1(C)C[C@@H](OC(=O)CSC2CCN(C(=O)CCn3cnc4c(NC)nc(N)nc43)CC2)[C@]2(C)[C@H](C)CC[C@]3(CCC(=O)[C@@H]32)[C@@H](C)[C@@H]1O. The zero-order valence-corrected chi connectivity index (χ0v) is 30.4. The summed E-state index contributed by atoms with van der Waals surface area (Å²) in [6.07, 6.45) is 7.80. The minimum absolute atomic E-state index is 0.0602. The number of ether oxygens (including phenoxy) is 1. The van der Waals surface area contributed by atoms with Gasteiger partial charge in [-0.05, 0) is 55.8 Å². The fraction of sp³-hybridized carbons (Fsp3) is 0.722. The Morgan fingerprint density at radius 3 is 2.63 bits per heavy atom. The van der Waals surface area contributed by atoms with Crippen LogP contribution >= 0.6 is 11.8 Å². The Bertz CT molecular complexity index is 1610. The Balaban J connectivity index is 1.05. The van der Waals surface area contributed by atoms with Crippen LogP contribution in [0.4, 0.5) is 11.8 Å². The largest absolute Gasteiger partial charge is 0.461 e. The summed E-state index contributed by atoms with van der Waals surface area (Å²) in [5, 5.41) is 15.0. The van der Waals surface area contributed by atoms with E-state index in [1.54, 1.807) is 25.1 Å². The van der Waals surface area contributed by atoms with Gasteiger partial charge in [0.25, 0.3) is 0 Å². The highest BCUT2D eigenvalue weighted by Crippen LogP contribution is 2.68. The first-order chi connectivity index (χ1) is 23.3. The summed E-state index contributed by atoms with van der Waals surface area (Å²) in [5.41, 5.74) is 5.60. The van der Waals surface area contributed by atoms with Crippen LogP contribution in [-0.4, -0.2) is 90.5 Å². The number of anilines is 2. The molecule has 13 heteroatoms. The highest BCUT2D eigenvalue weighted by molar-refractivity contribution is 8.00. The third-order valence-corrected chi connectivity index (χ3v) is 14.4. The van der Waals surface area contributed by atoms with Crippen LogP contribution in [0.3, 0.4) is 0 Å². The molecule has 0 radical (unpaired) electrons. The molecule has 2 aromatic heterocycles. The van der Waals surface area contributed by atoms with Gasteiger partial charge in [0.2, 0.25) is 11.9 Å². The number of esters is 1. The maximum absolute atomic E-state index is 13.7. The normalized spacial score (nSPS) is 35.0. The molecule has 1 saturated heterocycles. The number of aliphatic hydroxyl groups excluding tert-OH is 1. The fourth-order valence-corrected chi connectivity index (χ4v) is 10.8.